The molecule has 0 saturated carbocycles. The van der Waals surface area contributed by atoms with Crippen LogP contribution >= 0.6 is 15.9 Å². The summed E-state index contributed by atoms with van der Waals surface area (Å²) in [6, 6.07) is 2.26. The topological polar surface area (TPSA) is 29.1 Å². The zero-order valence-electron chi connectivity index (χ0n) is 11.1. The highest BCUT2D eigenvalue weighted by Crippen LogP contribution is 2.25. The molecule has 1 aromatic carbocycles. The average Bonchev–Trinajstić information content (AvgIpc) is 2.34. The molecule has 0 aromatic heterocycles. The third-order valence-corrected chi connectivity index (χ3v) is 3.48. The molecule has 0 radical (unpaired) electrons. The number of rotatable bonds is 6. The van der Waals surface area contributed by atoms with Gasteiger partial charge in [0.25, 0.3) is 0 Å². The van der Waals surface area contributed by atoms with Gasteiger partial charge in [0, 0.05) is 10.4 Å². The zero-order chi connectivity index (χ0) is 14.4. The van der Waals surface area contributed by atoms with Crippen molar-refractivity contribution in [2.45, 2.75) is 39.5 Å². The Bertz CT molecular complexity index is 428. The summed E-state index contributed by atoms with van der Waals surface area (Å²) in [5.41, 5.74) is -0.372. The molecular formula is C14H18BrF2NO. The zero-order valence-corrected chi connectivity index (χ0v) is 12.7. The van der Waals surface area contributed by atoms with Gasteiger partial charge in [-0.2, -0.15) is 0 Å². The molecule has 0 spiro atoms. The van der Waals surface area contributed by atoms with Crippen LogP contribution in [0.5, 0.6) is 0 Å². The van der Waals surface area contributed by atoms with Crippen molar-refractivity contribution >= 4 is 27.5 Å². The molecule has 1 rings (SSSR count). The minimum absolute atomic E-state index is 0.206. The summed E-state index contributed by atoms with van der Waals surface area (Å²) in [6.07, 6.45) is 3.31. The van der Waals surface area contributed by atoms with E-state index in [9.17, 15) is 13.6 Å². The molecule has 0 aliphatic rings. The first-order valence-corrected chi connectivity index (χ1v) is 7.24. The van der Waals surface area contributed by atoms with Crippen molar-refractivity contribution in [2.75, 3.05) is 5.32 Å². The third kappa shape index (κ3) is 4.56. The van der Waals surface area contributed by atoms with Gasteiger partial charge in [0.1, 0.15) is 5.69 Å². The van der Waals surface area contributed by atoms with Crippen LogP contribution in [0, 0.1) is 17.6 Å². The van der Waals surface area contributed by atoms with E-state index in [0.29, 0.717) is 10.9 Å². The standard InChI is InChI=1S/C14H18BrF2NO/c1-3-5-6-9(4-2)14(19)18-13-11(16)7-10(15)8-12(13)17/h7-9H,3-6H2,1-2H3,(H,18,19). The molecule has 1 aromatic rings. The normalized spacial score (nSPS) is 12.3. The summed E-state index contributed by atoms with van der Waals surface area (Å²) >= 11 is 3.00. The summed E-state index contributed by atoms with van der Waals surface area (Å²) in [6.45, 7) is 3.94. The lowest BCUT2D eigenvalue weighted by molar-refractivity contribution is -0.120. The number of unbranched alkanes of at least 4 members (excludes halogenated alkanes) is 1. The van der Waals surface area contributed by atoms with Crippen molar-refractivity contribution in [1.82, 2.24) is 0 Å². The van der Waals surface area contributed by atoms with E-state index in [1.165, 1.54) is 0 Å². The molecule has 1 N–H and O–H groups in total. The Hall–Kier alpha value is -0.970. The van der Waals surface area contributed by atoms with Crippen LogP contribution in [0.25, 0.3) is 0 Å². The molecule has 2 nitrogen and oxygen atoms in total. The van der Waals surface area contributed by atoms with Gasteiger partial charge in [-0.1, -0.05) is 42.6 Å². The molecule has 0 fully saturated rings. The van der Waals surface area contributed by atoms with E-state index >= 15 is 0 Å². The molecule has 0 saturated heterocycles. The van der Waals surface area contributed by atoms with Crippen molar-refractivity contribution in [1.29, 1.82) is 0 Å². The van der Waals surface area contributed by atoms with Gasteiger partial charge < -0.3 is 5.32 Å². The lowest BCUT2D eigenvalue weighted by atomic mass is 9.98. The monoisotopic (exact) mass is 333 g/mol. The Morgan fingerprint density at radius 2 is 1.89 bits per heavy atom. The van der Waals surface area contributed by atoms with Crippen LogP contribution in [-0.4, -0.2) is 5.91 Å². The number of carbonyl (C=O) groups is 1. The van der Waals surface area contributed by atoms with Crippen LogP contribution in [-0.2, 0) is 4.79 Å². The third-order valence-electron chi connectivity index (χ3n) is 3.02. The first kappa shape index (κ1) is 16.1. The Morgan fingerprint density at radius 3 is 2.37 bits per heavy atom. The fourth-order valence-electron chi connectivity index (χ4n) is 1.86. The van der Waals surface area contributed by atoms with Crippen LogP contribution in [0.15, 0.2) is 16.6 Å². The molecule has 0 aliphatic carbocycles. The second kappa shape index (κ2) is 7.58. The van der Waals surface area contributed by atoms with Crippen LogP contribution in [0.2, 0.25) is 0 Å². The Morgan fingerprint density at radius 1 is 1.32 bits per heavy atom. The van der Waals surface area contributed by atoms with E-state index in [1.807, 2.05) is 13.8 Å². The first-order valence-electron chi connectivity index (χ1n) is 6.45. The van der Waals surface area contributed by atoms with Crippen molar-refractivity contribution in [3.8, 4) is 0 Å². The molecular weight excluding hydrogens is 316 g/mol. The summed E-state index contributed by atoms with van der Waals surface area (Å²) in [4.78, 5) is 12.0. The summed E-state index contributed by atoms with van der Waals surface area (Å²) in [5.74, 6) is -2.07. The molecule has 1 atom stereocenters. The molecule has 1 amide bonds. The van der Waals surface area contributed by atoms with E-state index in [2.05, 4.69) is 21.2 Å². The van der Waals surface area contributed by atoms with E-state index in [-0.39, 0.29) is 17.5 Å². The lowest BCUT2D eigenvalue weighted by Gasteiger charge is -2.15. The SMILES string of the molecule is CCCCC(CC)C(=O)Nc1c(F)cc(Br)cc1F. The van der Waals surface area contributed by atoms with Crippen LogP contribution in [0.4, 0.5) is 14.5 Å². The number of nitrogens with one attached hydrogen (secondary N) is 1. The van der Waals surface area contributed by atoms with Crippen LogP contribution in [0.3, 0.4) is 0 Å². The minimum Gasteiger partial charge on any atom is -0.321 e. The van der Waals surface area contributed by atoms with Crippen molar-refractivity contribution in [3.05, 3.63) is 28.2 Å². The Labute approximate surface area is 120 Å². The Balaban J connectivity index is 2.81. The maximum Gasteiger partial charge on any atom is 0.227 e. The first-order chi connectivity index (χ1) is 8.99. The fourth-order valence-corrected chi connectivity index (χ4v) is 2.26. The molecule has 19 heavy (non-hydrogen) atoms. The summed E-state index contributed by atoms with van der Waals surface area (Å²) < 4.78 is 27.5. The highest BCUT2D eigenvalue weighted by Gasteiger charge is 2.19. The highest BCUT2D eigenvalue weighted by molar-refractivity contribution is 9.10. The van der Waals surface area contributed by atoms with Gasteiger partial charge in [0.15, 0.2) is 11.6 Å². The molecule has 0 bridgehead atoms. The van der Waals surface area contributed by atoms with Gasteiger partial charge in [-0.25, -0.2) is 8.78 Å². The quantitative estimate of drug-likeness (QED) is 0.789. The number of amides is 1. The molecule has 106 valence electrons. The second-order valence-corrected chi connectivity index (χ2v) is 5.40. The van der Waals surface area contributed by atoms with Crippen LogP contribution < -0.4 is 5.32 Å². The van der Waals surface area contributed by atoms with Gasteiger partial charge in [0.05, 0.1) is 0 Å². The van der Waals surface area contributed by atoms with Crippen molar-refractivity contribution < 1.29 is 13.6 Å². The number of anilines is 1. The fraction of sp³-hybridized carbons (Fsp3) is 0.500. The average molecular weight is 334 g/mol. The number of hydrogen-bond acceptors (Lipinski definition) is 1. The predicted molar refractivity (Wildman–Crippen MR) is 76.0 cm³/mol. The van der Waals surface area contributed by atoms with E-state index in [4.69, 9.17) is 0 Å². The van der Waals surface area contributed by atoms with E-state index in [0.717, 1.165) is 31.4 Å². The van der Waals surface area contributed by atoms with Crippen molar-refractivity contribution in [2.24, 2.45) is 5.92 Å². The number of halogens is 3. The van der Waals surface area contributed by atoms with Crippen molar-refractivity contribution in [3.63, 3.8) is 0 Å². The molecule has 1 unspecified atom stereocenters. The van der Waals surface area contributed by atoms with Gasteiger partial charge in [-0.3, -0.25) is 4.79 Å². The molecule has 0 aliphatic heterocycles. The maximum absolute atomic E-state index is 13.6. The van der Waals surface area contributed by atoms with Gasteiger partial charge in [0.2, 0.25) is 5.91 Å². The summed E-state index contributed by atoms with van der Waals surface area (Å²) in [5, 5.41) is 2.36. The van der Waals surface area contributed by atoms with Gasteiger partial charge in [-0.15, -0.1) is 0 Å². The lowest BCUT2D eigenvalue weighted by Crippen LogP contribution is -2.23. The number of benzene rings is 1. The molecule has 5 heteroatoms. The van der Waals surface area contributed by atoms with E-state index < -0.39 is 11.6 Å². The van der Waals surface area contributed by atoms with Gasteiger partial charge in [-0.05, 0) is 25.0 Å². The maximum atomic E-state index is 13.6. The smallest absolute Gasteiger partial charge is 0.227 e. The van der Waals surface area contributed by atoms with Crippen LogP contribution in [0.1, 0.15) is 39.5 Å². The highest BCUT2D eigenvalue weighted by atomic mass is 79.9. The van der Waals surface area contributed by atoms with E-state index in [1.54, 1.807) is 0 Å². The summed E-state index contributed by atoms with van der Waals surface area (Å²) in [7, 11) is 0. The second-order valence-electron chi connectivity index (χ2n) is 4.48. The van der Waals surface area contributed by atoms with Gasteiger partial charge >= 0.3 is 0 Å². The number of carbonyl (C=O) groups excluding carboxylic acids is 1. The largest absolute Gasteiger partial charge is 0.321 e. The predicted octanol–water partition coefficient (Wildman–Crippen LogP) is 4.88. The minimum atomic E-state index is -0.773. The Kier molecular flexibility index (Phi) is 6.42. The number of hydrogen-bond donors (Lipinski definition) is 1. The molecule has 0 heterocycles.